The van der Waals surface area contributed by atoms with Gasteiger partial charge in [0.1, 0.15) is 0 Å². The normalized spacial score (nSPS) is 13.3. The Labute approximate surface area is 106 Å². The molecular weight excluding hydrogens is 240 g/mol. The van der Waals surface area contributed by atoms with Crippen molar-refractivity contribution in [2.75, 3.05) is 14.2 Å². The van der Waals surface area contributed by atoms with Gasteiger partial charge in [0.05, 0.1) is 11.1 Å². The molecule has 0 amide bonds. The third kappa shape index (κ3) is 5.11. The first-order valence-corrected chi connectivity index (χ1v) is 5.19. The van der Waals surface area contributed by atoms with Crippen molar-refractivity contribution < 1.29 is 28.5 Å². The van der Waals surface area contributed by atoms with Crippen LogP contribution < -0.4 is 0 Å². The molecule has 0 N–H and O–H groups in total. The van der Waals surface area contributed by atoms with Gasteiger partial charge in [-0.05, 0) is 13.8 Å². The van der Waals surface area contributed by atoms with Gasteiger partial charge in [-0.15, -0.1) is 0 Å². The number of carbonyl (C=O) groups is 2. The molecule has 0 aliphatic heterocycles. The Morgan fingerprint density at radius 1 is 0.833 bits per heavy atom. The van der Waals surface area contributed by atoms with Crippen LogP contribution in [0.25, 0.3) is 0 Å². The van der Waals surface area contributed by atoms with Gasteiger partial charge in [-0.25, -0.2) is 9.59 Å². The van der Waals surface area contributed by atoms with E-state index in [0.29, 0.717) is 0 Å². The van der Waals surface area contributed by atoms with E-state index in [-0.39, 0.29) is 11.1 Å². The van der Waals surface area contributed by atoms with Crippen LogP contribution in [0.3, 0.4) is 0 Å². The largest absolute Gasteiger partial charge is 0.432 e. The summed E-state index contributed by atoms with van der Waals surface area (Å²) >= 11 is 0. The molecule has 0 aromatic carbocycles. The number of ether oxygens (including phenoxy) is 4. The zero-order valence-corrected chi connectivity index (χ0v) is 11.0. The van der Waals surface area contributed by atoms with Crippen LogP contribution in [-0.2, 0) is 28.5 Å². The standard InChI is InChI=1S/C12H18O6/c1-7(11(13)17-9(3)15-5)8(2)12(14)18-10(4)16-6/h9-10H,1-2H2,3-6H3. The van der Waals surface area contributed by atoms with Crippen molar-refractivity contribution in [1.29, 1.82) is 0 Å². The lowest BCUT2D eigenvalue weighted by molar-refractivity contribution is -0.168. The average Bonchev–Trinajstić information content (AvgIpc) is 2.36. The van der Waals surface area contributed by atoms with Crippen molar-refractivity contribution in [2.24, 2.45) is 0 Å². The molecule has 0 aliphatic carbocycles. The predicted octanol–water partition coefficient (Wildman–Crippen LogP) is 1.17. The van der Waals surface area contributed by atoms with Crippen LogP contribution in [0.4, 0.5) is 0 Å². The minimum absolute atomic E-state index is 0.188. The van der Waals surface area contributed by atoms with E-state index in [0.717, 1.165) is 0 Å². The fourth-order valence-electron chi connectivity index (χ4n) is 0.786. The number of hydrogen-bond acceptors (Lipinski definition) is 6. The minimum Gasteiger partial charge on any atom is -0.432 e. The van der Waals surface area contributed by atoms with E-state index in [9.17, 15) is 9.59 Å². The number of rotatable bonds is 7. The Morgan fingerprint density at radius 2 is 1.11 bits per heavy atom. The molecule has 0 aromatic heterocycles. The van der Waals surface area contributed by atoms with Crippen molar-refractivity contribution in [3.8, 4) is 0 Å². The third-order valence-electron chi connectivity index (χ3n) is 2.07. The maximum Gasteiger partial charge on any atom is 0.340 e. The Bertz CT molecular complexity index is 312. The first-order chi connectivity index (χ1) is 8.33. The summed E-state index contributed by atoms with van der Waals surface area (Å²) in [6.45, 7) is 9.90. The summed E-state index contributed by atoms with van der Waals surface area (Å²) in [5.74, 6) is -1.59. The molecule has 102 valence electrons. The van der Waals surface area contributed by atoms with Gasteiger partial charge < -0.3 is 18.9 Å². The van der Waals surface area contributed by atoms with E-state index >= 15 is 0 Å². The molecule has 0 saturated heterocycles. The zero-order chi connectivity index (χ0) is 14.3. The highest BCUT2D eigenvalue weighted by Gasteiger charge is 2.22. The van der Waals surface area contributed by atoms with Crippen LogP contribution in [0, 0.1) is 0 Å². The first-order valence-electron chi connectivity index (χ1n) is 5.19. The summed E-state index contributed by atoms with van der Waals surface area (Å²) in [5.41, 5.74) is -0.376. The minimum atomic E-state index is -0.795. The SMILES string of the molecule is C=C(C(=C)C(=O)OC(C)OC)C(=O)OC(C)OC. The number of carbonyl (C=O) groups excluding carboxylic acids is 2. The fourth-order valence-corrected chi connectivity index (χ4v) is 0.786. The Morgan fingerprint density at radius 3 is 1.33 bits per heavy atom. The molecule has 6 heteroatoms. The van der Waals surface area contributed by atoms with E-state index in [4.69, 9.17) is 18.9 Å². The molecule has 0 radical (unpaired) electrons. The van der Waals surface area contributed by atoms with E-state index in [1.807, 2.05) is 0 Å². The quantitative estimate of drug-likeness (QED) is 0.295. The molecule has 0 fully saturated rings. The van der Waals surface area contributed by atoms with Gasteiger partial charge in [-0.2, -0.15) is 0 Å². The van der Waals surface area contributed by atoms with Crippen LogP contribution >= 0.6 is 0 Å². The van der Waals surface area contributed by atoms with Crippen LogP contribution in [0.15, 0.2) is 24.3 Å². The van der Waals surface area contributed by atoms with Gasteiger partial charge in [0.25, 0.3) is 0 Å². The van der Waals surface area contributed by atoms with Crippen LogP contribution in [0.5, 0.6) is 0 Å². The molecule has 6 nitrogen and oxygen atoms in total. The lowest BCUT2D eigenvalue weighted by Gasteiger charge is -2.15. The summed E-state index contributed by atoms with van der Waals surface area (Å²) < 4.78 is 19.1. The first kappa shape index (κ1) is 16.3. The summed E-state index contributed by atoms with van der Waals surface area (Å²) in [4.78, 5) is 23.0. The predicted molar refractivity (Wildman–Crippen MR) is 63.4 cm³/mol. The van der Waals surface area contributed by atoms with Crippen molar-refractivity contribution >= 4 is 11.9 Å². The molecule has 0 bridgehead atoms. The summed E-state index contributed by atoms with van der Waals surface area (Å²) in [7, 11) is 2.76. The maximum absolute atomic E-state index is 11.5. The van der Waals surface area contributed by atoms with Gasteiger partial charge in [-0.3, -0.25) is 0 Å². The Kier molecular flexibility index (Phi) is 6.92. The summed E-state index contributed by atoms with van der Waals surface area (Å²) in [6, 6.07) is 0. The lowest BCUT2D eigenvalue weighted by Crippen LogP contribution is -2.23. The molecule has 0 aliphatic rings. The van der Waals surface area contributed by atoms with E-state index in [1.165, 1.54) is 28.1 Å². The van der Waals surface area contributed by atoms with Gasteiger partial charge >= 0.3 is 11.9 Å². The van der Waals surface area contributed by atoms with Gasteiger partial charge in [0, 0.05) is 14.2 Å². The average molecular weight is 258 g/mol. The number of hydrogen-bond donors (Lipinski definition) is 0. The maximum atomic E-state index is 11.5. The third-order valence-corrected chi connectivity index (χ3v) is 2.07. The highest BCUT2D eigenvalue weighted by Crippen LogP contribution is 2.12. The van der Waals surface area contributed by atoms with Crippen molar-refractivity contribution in [1.82, 2.24) is 0 Å². The fraction of sp³-hybridized carbons (Fsp3) is 0.500. The second-order valence-electron chi connectivity index (χ2n) is 3.37. The Balaban J connectivity index is 4.46. The second kappa shape index (κ2) is 7.62. The van der Waals surface area contributed by atoms with Crippen LogP contribution in [0.2, 0.25) is 0 Å². The molecule has 0 aromatic rings. The van der Waals surface area contributed by atoms with E-state index in [2.05, 4.69) is 13.2 Å². The van der Waals surface area contributed by atoms with E-state index in [1.54, 1.807) is 0 Å². The van der Waals surface area contributed by atoms with Crippen molar-refractivity contribution in [2.45, 2.75) is 26.4 Å². The number of methoxy groups -OCH3 is 2. The van der Waals surface area contributed by atoms with Crippen molar-refractivity contribution in [3.63, 3.8) is 0 Å². The summed E-state index contributed by atoms with van der Waals surface area (Å²) in [5, 5.41) is 0. The number of esters is 2. The zero-order valence-electron chi connectivity index (χ0n) is 11.0. The van der Waals surface area contributed by atoms with Crippen LogP contribution in [0.1, 0.15) is 13.8 Å². The molecule has 2 atom stereocenters. The second-order valence-corrected chi connectivity index (χ2v) is 3.37. The van der Waals surface area contributed by atoms with E-state index < -0.39 is 24.5 Å². The molecule has 0 saturated carbocycles. The highest BCUT2D eigenvalue weighted by molar-refractivity contribution is 6.06. The lowest BCUT2D eigenvalue weighted by atomic mass is 10.1. The molecule has 0 rings (SSSR count). The van der Waals surface area contributed by atoms with Gasteiger partial charge in [0.15, 0.2) is 12.6 Å². The topological polar surface area (TPSA) is 71.1 Å². The van der Waals surface area contributed by atoms with Gasteiger partial charge in [0.2, 0.25) is 0 Å². The van der Waals surface area contributed by atoms with Crippen molar-refractivity contribution in [3.05, 3.63) is 24.3 Å². The van der Waals surface area contributed by atoms with Gasteiger partial charge in [-0.1, -0.05) is 13.2 Å². The Hall–Kier alpha value is -1.66. The molecule has 0 spiro atoms. The molecule has 0 heterocycles. The van der Waals surface area contributed by atoms with Crippen LogP contribution in [-0.4, -0.2) is 38.7 Å². The smallest absolute Gasteiger partial charge is 0.340 e. The molecular formula is C12H18O6. The highest BCUT2D eigenvalue weighted by atomic mass is 16.7. The summed E-state index contributed by atoms with van der Waals surface area (Å²) in [6.07, 6.45) is -1.48. The molecule has 18 heavy (non-hydrogen) atoms. The molecule has 2 unspecified atom stereocenters. The monoisotopic (exact) mass is 258 g/mol.